The molecule has 3 aromatic heterocycles. The van der Waals surface area contributed by atoms with Gasteiger partial charge in [-0.2, -0.15) is 0 Å². The molecule has 4 heterocycles. The van der Waals surface area contributed by atoms with Crippen LogP contribution in [0, 0.1) is 0 Å². The number of nitrogens with zero attached hydrogens (tertiary/aromatic N) is 6. The monoisotopic (exact) mass is 609 g/mol. The highest BCUT2D eigenvalue weighted by atomic mass is 16.3. The van der Waals surface area contributed by atoms with Crippen molar-refractivity contribution < 1.29 is 14.7 Å². The van der Waals surface area contributed by atoms with Gasteiger partial charge >= 0.3 is 0 Å². The van der Waals surface area contributed by atoms with Crippen LogP contribution in [0.3, 0.4) is 0 Å². The Balaban J connectivity index is 1.13. The summed E-state index contributed by atoms with van der Waals surface area (Å²) in [5.41, 5.74) is 12.7. The molecule has 0 spiro atoms. The van der Waals surface area contributed by atoms with Gasteiger partial charge in [0.25, 0.3) is 5.91 Å². The summed E-state index contributed by atoms with van der Waals surface area (Å²) in [6.45, 7) is 3.13. The second kappa shape index (κ2) is 12.3. The summed E-state index contributed by atoms with van der Waals surface area (Å²) in [5, 5.41) is 10.3. The smallest absolute Gasteiger partial charge is 0.257 e. The van der Waals surface area contributed by atoms with Crippen LogP contribution in [0.25, 0.3) is 39.5 Å². The van der Waals surface area contributed by atoms with Crippen molar-refractivity contribution in [2.75, 3.05) is 31.9 Å². The molecule has 3 N–H and O–H groups in total. The molecule has 1 fully saturated rings. The number of carbonyl (C=O) groups is 2. The fourth-order valence-electron chi connectivity index (χ4n) is 5.88. The summed E-state index contributed by atoms with van der Waals surface area (Å²) in [7, 11) is 0. The van der Waals surface area contributed by atoms with Crippen LogP contribution in [-0.2, 0) is 6.54 Å². The van der Waals surface area contributed by atoms with Crippen LogP contribution in [0.5, 0.6) is 5.75 Å². The molecule has 228 valence electrons. The largest absolute Gasteiger partial charge is 0.506 e. The highest BCUT2D eigenvalue weighted by Gasteiger charge is 2.25. The lowest BCUT2D eigenvalue weighted by Crippen LogP contribution is -2.48. The molecule has 3 aromatic carbocycles. The number of nitrogen functional groups attached to an aromatic ring is 1. The fraction of sp³-hybridized carbons (Fsp3) is 0.139. The van der Waals surface area contributed by atoms with Crippen molar-refractivity contribution in [1.82, 2.24) is 29.3 Å². The molecule has 7 rings (SSSR count). The maximum atomic E-state index is 13.1. The van der Waals surface area contributed by atoms with Crippen molar-refractivity contribution in [1.29, 1.82) is 0 Å². The van der Waals surface area contributed by atoms with E-state index in [-0.39, 0.29) is 22.8 Å². The number of hydrogen-bond donors (Lipinski definition) is 2. The molecule has 0 bridgehead atoms. The Morgan fingerprint density at radius 3 is 2.37 bits per heavy atom. The third-order valence-corrected chi connectivity index (χ3v) is 8.34. The van der Waals surface area contributed by atoms with Crippen molar-refractivity contribution in [3.05, 3.63) is 120 Å². The lowest BCUT2D eigenvalue weighted by Gasteiger charge is -2.35. The van der Waals surface area contributed by atoms with Crippen molar-refractivity contribution in [3.63, 3.8) is 0 Å². The van der Waals surface area contributed by atoms with E-state index in [1.54, 1.807) is 23.2 Å². The van der Waals surface area contributed by atoms with Gasteiger partial charge in [-0.05, 0) is 54.1 Å². The summed E-state index contributed by atoms with van der Waals surface area (Å²) in [4.78, 5) is 42.5. The number of imidazole rings is 1. The number of phenolic OH excluding ortho intramolecular Hbond substituents is 1. The number of fused-ring (bicyclic) bond motifs is 1. The number of phenols is 1. The summed E-state index contributed by atoms with van der Waals surface area (Å²) in [5.74, 6) is 0.517. The number of rotatable bonds is 7. The maximum Gasteiger partial charge on any atom is 0.257 e. The predicted molar refractivity (Wildman–Crippen MR) is 177 cm³/mol. The Hall–Kier alpha value is -5.87. The van der Waals surface area contributed by atoms with E-state index in [2.05, 4.69) is 34.1 Å². The van der Waals surface area contributed by atoms with E-state index in [9.17, 15) is 14.7 Å². The summed E-state index contributed by atoms with van der Waals surface area (Å²) < 4.78 is 2.03. The lowest BCUT2D eigenvalue weighted by atomic mass is 10.1. The summed E-state index contributed by atoms with van der Waals surface area (Å²) in [6.07, 6.45) is 2.22. The Labute approximate surface area is 265 Å². The normalized spacial score (nSPS) is 13.6. The second-order valence-electron chi connectivity index (χ2n) is 11.2. The van der Waals surface area contributed by atoms with E-state index >= 15 is 0 Å². The molecule has 10 heteroatoms. The third kappa shape index (κ3) is 5.46. The Kier molecular flexibility index (Phi) is 7.69. The quantitative estimate of drug-likeness (QED) is 0.236. The molecule has 6 aromatic rings. The summed E-state index contributed by atoms with van der Waals surface area (Å²) >= 11 is 0. The highest BCUT2D eigenvalue weighted by molar-refractivity contribution is 5.99. The molecule has 0 saturated carbocycles. The molecule has 46 heavy (non-hydrogen) atoms. The van der Waals surface area contributed by atoms with Crippen LogP contribution < -0.4 is 5.73 Å². The Morgan fingerprint density at radius 1 is 0.848 bits per heavy atom. The number of pyridine rings is 2. The second-order valence-corrected chi connectivity index (χ2v) is 11.2. The number of anilines is 1. The highest BCUT2D eigenvalue weighted by Crippen LogP contribution is 2.32. The van der Waals surface area contributed by atoms with Gasteiger partial charge < -0.3 is 15.7 Å². The predicted octanol–water partition coefficient (Wildman–Crippen LogP) is 5.21. The van der Waals surface area contributed by atoms with Crippen molar-refractivity contribution >= 4 is 29.2 Å². The van der Waals surface area contributed by atoms with Crippen molar-refractivity contribution in [2.24, 2.45) is 0 Å². The number of para-hydroxylation sites is 1. The van der Waals surface area contributed by atoms with Crippen LogP contribution in [0.15, 0.2) is 103 Å². The first-order valence-corrected chi connectivity index (χ1v) is 15.0. The van der Waals surface area contributed by atoms with Gasteiger partial charge in [0.15, 0.2) is 17.8 Å². The number of benzene rings is 3. The van der Waals surface area contributed by atoms with Crippen LogP contribution in [0.4, 0.5) is 5.82 Å². The minimum atomic E-state index is -0.271. The van der Waals surface area contributed by atoms with Gasteiger partial charge in [-0.25, -0.2) is 15.0 Å². The lowest BCUT2D eigenvalue weighted by molar-refractivity contribution is 0.0625. The maximum absolute atomic E-state index is 13.1. The first kappa shape index (κ1) is 28.9. The number of aromatic hydroxyl groups is 1. The average Bonchev–Trinajstić information content (AvgIpc) is 3.48. The molecule has 1 saturated heterocycles. The number of amides is 1. The number of carbonyl (C=O) groups excluding carboxylic acids is 2. The van der Waals surface area contributed by atoms with E-state index in [0.717, 1.165) is 45.8 Å². The molecule has 1 amide bonds. The van der Waals surface area contributed by atoms with Gasteiger partial charge in [-0.1, -0.05) is 48.5 Å². The third-order valence-electron chi connectivity index (χ3n) is 8.34. The minimum absolute atomic E-state index is 0.111. The van der Waals surface area contributed by atoms with Gasteiger partial charge in [0.2, 0.25) is 0 Å². The van der Waals surface area contributed by atoms with Gasteiger partial charge in [0.1, 0.15) is 17.1 Å². The van der Waals surface area contributed by atoms with Gasteiger partial charge in [0, 0.05) is 50.2 Å². The van der Waals surface area contributed by atoms with Crippen LogP contribution in [0.1, 0.15) is 26.3 Å². The van der Waals surface area contributed by atoms with Crippen LogP contribution in [-0.4, -0.2) is 72.8 Å². The molecule has 1 aliphatic heterocycles. The zero-order chi connectivity index (χ0) is 31.6. The number of piperazine rings is 1. The van der Waals surface area contributed by atoms with E-state index in [1.165, 1.54) is 6.07 Å². The minimum Gasteiger partial charge on any atom is -0.506 e. The zero-order valence-corrected chi connectivity index (χ0v) is 25.0. The number of nitrogens with two attached hydrogens (primary N) is 1. The Bertz CT molecular complexity index is 2050. The van der Waals surface area contributed by atoms with Crippen LogP contribution in [0.2, 0.25) is 0 Å². The molecule has 0 atom stereocenters. The van der Waals surface area contributed by atoms with E-state index in [0.29, 0.717) is 44.1 Å². The molecule has 0 unspecified atom stereocenters. The van der Waals surface area contributed by atoms with Gasteiger partial charge in [0.05, 0.1) is 22.4 Å². The standard InChI is InChI=1S/C36H31N7O3/c37-33-29(10-5-17-38-33)34-40-31-16-15-30(25-6-2-1-3-7-25)39-35(31)43(34)27-13-11-24(12-14-27)22-41-18-20-42(21-19-41)36(46)28-9-4-8-26(23-44)32(28)45/h1-17,23,45H,18-22H2,(H2,37,38). The average molecular weight is 610 g/mol. The van der Waals surface area contributed by atoms with Gasteiger partial charge in [-0.3, -0.25) is 19.1 Å². The number of hydrogen-bond acceptors (Lipinski definition) is 8. The first-order valence-electron chi connectivity index (χ1n) is 15.0. The molecular weight excluding hydrogens is 578 g/mol. The van der Waals surface area contributed by atoms with E-state index in [4.69, 9.17) is 15.7 Å². The molecular formula is C36H31N7O3. The molecule has 0 radical (unpaired) electrons. The zero-order valence-electron chi connectivity index (χ0n) is 25.0. The van der Waals surface area contributed by atoms with E-state index in [1.807, 2.05) is 59.2 Å². The van der Waals surface area contributed by atoms with Gasteiger partial charge in [-0.15, -0.1) is 0 Å². The first-order chi connectivity index (χ1) is 22.5. The summed E-state index contributed by atoms with van der Waals surface area (Å²) in [6, 6.07) is 30.7. The van der Waals surface area contributed by atoms with E-state index < -0.39 is 0 Å². The molecule has 10 nitrogen and oxygen atoms in total. The van der Waals surface area contributed by atoms with Crippen molar-refractivity contribution in [3.8, 4) is 34.1 Å². The van der Waals surface area contributed by atoms with Crippen LogP contribution >= 0.6 is 0 Å². The fourth-order valence-corrected chi connectivity index (χ4v) is 5.88. The number of aromatic nitrogens is 4. The SMILES string of the molecule is Nc1ncccc1-c1nc2ccc(-c3ccccc3)nc2n1-c1ccc(CN2CCN(C(=O)c3cccc(C=O)c3O)CC2)cc1. The Morgan fingerprint density at radius 2 is 1.63 bits per heavy atom. The molecule has 1 aliphatic rings. The molecule has 0 aliphatic carbocycles. The topological polar surface area (TPSA) is 130 Å². The van der Waals surface area contributed by atoms with Crippen molar-refractivity contribution in [2.45, 2.75) is 6.54 Å². The number of aldehydes is 1.